The summed E-state index contributed by atoms with van der Waals surface area (Å²) < 4.78 is 0. The molecular weight excluding hydrogens is 200 g/mol. The molecule has 6 nitrogen and oxygen atoms in total. The second-order valence-electron chi connectivity index (χ2n) is 2.75. The molecule has 0 bridgehead atoms. The lowest BCUT2D eigenvalue weighted by Gasteiger charge is -1.97. The number of rotatable bonds is 3. The van der Waals surface area contributed by atoms with Crippen molar-refractivity contribution in [2.45, 2.75) is 0 Å². The van der Waals surface area contributed by atoms with Gasteiger partial charge in [0.1, 0.15) is 5.69 Å². The van der Waals surface area contributed by atoms with Crippen LogP contribution in [0.1, 0.15) is 5.56 Å². The average Bonchev–Trinajstić information content (AvgIpc) is 2.14. The summed E-state index contributed by atoms with van der Waals surface area (Å²) in [5.41, 5.74) is 5.72. The highest BCUT2D eigenvalue weighted by Gasteiger charge is 2.09. The molecule has 0 aliphatic rings. The minimum absolute atomic E-state index is 0.00698. The van der Waals surface area contributed by atoms with Crippen molar-refractivity contribution < 1.29 is 14.8 Å². The van der Waals surface area contributed by atoms with E-state index < -0.39 is 10.9 Å². The van der Waals surface area contributed by atoms with Crippen LogP contribution in [0.5, 0.6) is 0 Å². The maximum absolute atomic E-state index is 10.4. The second-order valence-corrected chi connectivity index (χ2v) is 2.75. The molecule has 3 N–H and O–H groups in total. The zero-order chi connectivity index (χ0) is 11.4. The van der Waals surface area contributed by atoms with Crippen LogP contribution in [-0.4, -0.2) is 16.0 Å². The first kappa shape index (κ1) is 10.7. The van der Waals surface area contributed by atoms with Gasteiger partial charge < -0.3 is 10.8 Å². The number of benzene rings is 1. The Morgan fingerprint density at radius 3 is 2.67 bits per heavy atom. The fourth-order valence-electron chi connectivity index (χ4n) is 1.01. The van der Waals surface area contributed by atoms with E-state index in [1.54, 1.807) is 0 Å². The van der Waals surface area contributed by atoms with E-state index in [2.05, 4.69) is 0 Å². The van der Waals surface area contributed by atoms with Crippen LogP contribution in [0.4, 0.5) is 11.4 Å². The fourth-order valence-corrected chi connectivity index (χ4v) is 1.01. The first-order valence-corrected chi connectivity index (χ1v) is 3.95. The molecule has 0 saturated heterocycles. The highest BCUT2D eigenvalue weighted by molar-refractivity contribution is 5.85. The first-order chi connectivity index (χ1) is 7.00. The number of nitrogens with two attached hydrogens (primary N) is 1. The maximum Gasteiger partial charge on any atom is 0.328 e. The monoisotopic (exact) mass is 208 g/mol. The molecule has 0 radical (unpaired) electrons. The highest BCUT2D eigenvalue weighted by atomic mass is 16.6. The number of nitrogens with zero attached hydrogens (tertiary/aromatic N) is 1. The van der Waals surface area contributed by atoms with Crippen molar-refractivity contribution in [2.75, 3.05) is 5.73 Å². The quantitative estimate of drug-likeness (QED) is 0.336. The standard InChI is InChI=1S/C9H8N2O4/c10-7-5-6(2-4-9(12)13)1-3-8(7)11(14)15/h1-5H,10H2,(H,12,13). The minimum Gasteiger partial charge on any atom is -0.478 e. The largest absolute Gasteiger partial charge is 0.478 e. The van der Waals surface area contributed by atoms with Gasteiger partial charge in [0, 0.05) is 12.1 Å². The lowest BCUT2D eigenvalue weighted by Crippen LogP contribution is -1.95. The summed E-state index contributed by atoms with van der Waals surface area (Å²) in [5, 5.41) is 18.8. The van der Waals surface area contributed by atoms with E-state index in [-0.39, 0.29) is 11.4 Å². The summed E-state index contributed by atoms with van der Waals surface area (Å²) >= 11 is 0. The fraction of sp³-hybridized carbons (Fsp3) is 0. The molecule has 78 valence electrons. The third-order valence-corrected chi connectivity index (χ3v) is 1.67. The molecular formula is C9H8N2O4. The molecule has 1 aromatic rings. The lowest BCUT2D eigenvalue weighted by atomic mass is 10.1. The number of carboxylic acid groups (broad SMARTS) is 1. The number of nitro groups is 1. The molecule has 15 heavy (non-hydrogen) atoms. The van der Waals surface area contributed by atoms with Crippen molar-refractivity contribution in [1.29, 1.82) is 0 Å². The number of carboxylic acids is 1. The highest BCUT2D eigenvalue weighted by Crippen LogP contribution is 2.22. The Kier molecular flexibility index (Phi) is 3.02. The van der Waals surface area contributed by atoms with Gasteiger partial charge in [-0.3, -0.25) is 10.1 Å². The number of hydrogen-bond acceptors (Lipinski definition) is 4. The SMILES string of the molecule is Nc1cc(C=CC(=O)O)ccc1[N+](=O)[O-]. The van der Waals surface area contributed by atoms with Crippen LogP contribution >= 0.6 is 0 Å². The van der Waals surface area contributed by atoms with Crippen LogP contribution in [0.2, 0.25) is 0 Å². The van der Waals surface area contributed by atoms with Gasteiger partial charge in [0.05, 0.1) is 4.92 Å². The Bertz CT molecular complexity index is 440. The molecule has 0 fully saturated rings. The number of nitro benzene ring substituents is 1. The van der Waals surface area contributed by atoms with Gasteiger partial charge >= 0.3 is 5.97 Å². The number of anilines is 1. The summed E-state index contributed by atoms with van der Waals surface area (Å²) in [7, 11) is 0. The van der Waals surface area contributed by atoms with E-state index >= 15 is 0 Å². The van der Waals surface area contributed by atoms with Crippen LogP contribution in [0.3, 0.4) is 0 Å². The predicted octanol–water partition coefficient (Wildman–Crippen LogP) is 1.27. The molecule has 0 amide bonds. The van der Waals surface area contributed by atoms with Crippen molar-refractivity contribution in [3.05, 3.63) is 40.0 Å². The van der Waals surface area contributed by atoms with E-state index in [1.165, 1.54) is 24.3 Å². The average molecular weight is 208 g/mol. The third kappa shape index (κ3) is 2.80. The molecule has 1 rings (SSSR count). The topological polar surface area (TPSA) is 106 Å². The van der Waals surface area contributed by atoms with Crippen molar-refractivity contribution in [3.8, 4) is 0 Å². The van der Waals surface area contributed by atoms with Crippen LogP contribution in [0.25, 0.3) is 6.08 Å². The Morgan fingerprint density at radius 2 is 2.20 bits per heavy atom. The number of nitrogen functional groups attached to an aromatic ring is 1. The zero-order valence-corrected chi connectivity index (χ0v) is 7.58. The zero-order valence-electron chi connectivity index (χ0n) is 7.58. The normalized spacial score (nSPS) is 10.4. The van der Waals surface area contributed by atoms with Gasteiger partial charge in [-0.05, 0) is 23.8 Å². The van der Waals surface area contributed by atoms with Gasteiger partial charge in [0.25, 0.3) is 5.69 Å². The smallest absolute Gasteiger partial charge is 0.328 e. The molecule has 1 aromatic carbocycles. The number of carbonyl (C=O) groups is 1. The first-order valence-electron chi connectivity index (χ1n) is 3.95. The molecule has 6 heteroatoms. The molecule has 0 spiro atoms. The Morgan fingerprint density at radius 1 is 1.53 bits per heavy atom. The summed E-state index contributed by atoms with van der Waals surface area (Å²) in [6, 6.07) is 4.00. The summed E-state index contributed by atoms with van der Waals surface area (Å²) in [4.78, 5) is 20.0. The van der Waals surface area contributed by atoms with Crippen LogP contribution < -0.4 is 5.73 Å². The molecule has 0 saturated carbocycles. The van der Waals surface area contributed by atoms with E-state index in [4.69, 9.17) is 10.8 Å². The Labute approximate surface area is 84.8 Å². The van der Waals surface area contributed by atoms with E-state index in [0.717, 1.165) is 6.08 Å². The Balaban J connectivity index is 3.01. The maximum atomic E-state index is 10.4. The Hall–Kier alpha value is -2.37. The van der Waals surface area contributed by atoms with Gasteiger partial charge in [-0.2, -0.15) is 0 Å². The lowest BCUT2D eigenvalue weighted by molar-refractivity contribution is -0.383. The summed E-state index contributed by atoms with van der Waals surface area (Å²) in [6.07, 6.45) is 2.24. The molecule has 0 aromatic heterocycles. The minimum atomic E-state index is -1.09. The van der Waals surface area contributed by atoms with Crippen molar-refractivity contribution >= 4 is 23.4 Å². The second kappa shape index (κ2) is 4.23. The van der Waals surface area contributed by atoms with Crippen LogP contribution in [0, 0.1) is 10.1 Å². The molecule has 0 aliphatic heterocycles. The third-order valence-electron chi connectivity index (χ3n) is 1.67. The van der Waals surface area contributed by atoms with E-state index in [9.17, 15) is 14.9 Å². The molecule has 0 atom stereocenters. The van der Waals surface area contributed by atoms with Gasteiger partial charge in [-0.1, -0.05) is 0 Å². The molecule has 0 unspecified atom stereocenters. The van der Waals surface area contributed by atoms with Crippen LogP contribution in [-0.2, 0) is 4.79 Å². The predicted molar refractivity (Wildman–Crippen MR) is 54.2 cm³/mol. The molecule has 0 heterocycles. The van der Waals surface area contributed by atoms with Gasteiger partial charge in [0.15, 0.2) is 0 Å². The number of hydrogen-bond donors (Lipinski definition) is 2. The van der Waals surface area contributed by atoms with Crippen molar-refractivity contribution in [3.63, 3.8) is 0 Å². The van der Waals surface area contributed by atoms with Gasteiger partial charge in [0.2, 0.25) is 0 Å². The van der Waals surface area contributed by atoms with Gasteiger partial charge in [-0.15, -0.1) is 0 Å². The van der Waals surface area contributed by atoms with E-state index in [0.29, 0.717) is 5.56 Å². The van der Waals surface area contributed by atoms with E-state index in [1.807, 2.05) is 0 Å². The molecule has 0 aliphatic carbocycles. The number of aliphatic carboxylic acids is 1. The van der Waals surface area contributed by atoms with Crippen LogP contribution in [0.15, 0.2) is 24.3 Å². The summed E-state index contributed by atoms with van der Waals surface area (Å²) in [5.74, 6) is -1.09. The van der Waals surface area contributed by atoms with Crippen molar-refractivity contribution in [1.82, 2.24) is 0 Å². The van der Waals surface area contributed by atoms with Crippen molar-refractivity contribution in [2.24, 2.45) is 0 Å². The summed E-state index contributed by atoms with van der Waals surface area (Å²) in [6.45, 7) is 0. The van der Waals surface area contributed by atoms with Gasteiger partial charge in [-0.25, -0.2) is 4.79 Å².